The largest absolute Gasteiger partial charge is 0.386 e. The number of halogens is 1. The maximum atomic E-state index is 12.9. The number of amides is 1. The minimum absolute atomic E-state index is 0.0421. The van der Waals surface area contributed by atoms with E-state index in [2.05, 4.69) is 10.3 Å². The van der Waals surface area contributed by atoms with Crippen molar-refractivity contribution in [1.82, 2.24) is 10.3 Å². The molecule has 21 heavy (non-hydrogen) atoms. The van der Waals surface area contributed by atoms with Gasteiger partial charge in [0.2, 0.25) is 5.91 Å². The van der Waals surface area contributed by atoms with Crippen molar-refractivity contribution in [1.29, 1.82) is 0 Å². The number of β-amino-alcohol motifs (C(OH)–C–C–N with tert-alkyl or cyclic N) is 1. The summed E-state index contributed by atoms with van der Waals surface area (Å²) in [5, 5.41) is 13.5. The van der Waals surface area contributed by atoms with Gasteiger partial charge in [-0.05, 0) is 37.8 Å². The van der Waals surface area contributed by atoms with E-state index in [-0.39, 0.29) is 24.2 Å². The minimum Gasteiger partial charge on any atom is -0.386 e. The Labute approximate surface area is 123 Å². The molecule has 1 aromatic rings. The van der Waals surface area contributed by atoms with Gasteiger partial charge in [0, 0.05) is 25.6 Å². The van der Waals surface area contributed by atoms with Crippen LogP contribution in [0.3, 0.4) is 0 Å². The van der Waals surface area contributed by atoms with Gasteiger partial charge in [-0.15, -0.1) is 0 Å². The number of piperidine rings is 1. The van der Waals surface area contributed by atoms with Crippen LogP contribution in [0.25, 0.3) is 0 Å². The highest BCUT2D eigenvalue weighted by Crippen LogP contribution is 2.29. The van der Waals surface area contributed by atoms with Crippen molar-refractivity contribution >= 4 is 11.7 Å². The van der Waals surface area contributed by atoms with Crippen molar-refractivity contribution in [2.75, 3.05) is 24.5 Å². The third-order valence-electron chi connectivity index (χ3n) is 4.13. The van der Waals surface area contributed by atoms with Gasteiger partial charge < -0.3 is 15.3 Å². The van der Waals surface area contributed by atoms with E-state index in [1.54, 1.807) is 6.07 Å². The molecule has 1 aliphatic heterocycles. The van der Waals surface area contributed by atoms with Gasteiger partial charge in [-0.1, -0.05) is 0 Å². The molecule has 0 aromatic carbocycles. The molecule has 0 spiro atoms. The molecule has 1 aliphatic carbocycles. The number of aliphatic hydroxyl groups is 1. The molecule has 1 aromatic heterocycles. The molecule has 2 heterocycles. The normalized spacial score (nSPS) is 25.7. The predicted octanol–water partition coefficient (Wildman–Crippen LogP) is 1.08. The zero-order valence-electron chi connectivity index (χ0n) is 11.9. The summed E-state index contributed by atoms with van der Waals surface area (Å²) in [5.41, 5.74) is -0.946. The summed E-state index contributed by atoms with van der Waals surface area (Å²) < 4.78 is 12.9. The van der Waals surface area contributed by atoms with Gasteiger partial charge in [-0.3, -0.25) is 4.79 Å². The van der Waals surface area contributed by atoms with Gasteiger partial charge in [-0.2, -0.15) is 0 Å². The molecule has 2 aliphatic rings. The van der Waals surface area contributed by atoms with E-state index in [1.165, 1.54) is 12.3 Å². The van der Waals surface area contributed by atoms with Gasteiger partial charge in [-0.25, -0.2) is 9.37 Å². The van der Waals surface area contributed by atoms with Gasteiger partial charge in [0.15, 0.2) is 0 Å². The summed E-state index contributed by atoms with van der Waals surface area (Å²) in [4.78, 5) is 17.7. The van der Waals surface area contributed by atoms with Gasteiger partial charge in [0.05, 0.1) is 11.8 Å². The number of rotatable bonds is 4. The summed E-state index contributed by atoms with van der Waals surface area (Å²) in [6.07, 6.45) is 4.55. The number of anilines is 1. The SMILES string of the molecule is O=C(NC[C@]1(O)CCCN(c2ccc(F)cn2)C1)C1CC1. The third kappa shape index (κ3) is 3.50. The fourth-order valence-electron chi connectivity index (χ4n) is 2.75. The minimum atomic E-state index is -0.946. The van der Waals surface area contributed by atoms with E-state index >= 15 is 0 Å². The molecule has 1 atom stereocenters. The Morgan fingerprint density at radius 3 is 3.00 bits per heavy atom. The first-order chi connectivity index (χ1) is 10.1. The maximum Gasteiger partial charge on any atom is 0.223 e. The average Bonchev–Trinajstić information content (AvgIpc) is 3.30. The van der Waals surface area contributed by atoms with Crippen molar-refractivity contribution in [2.45, 2.75) is 31.3 Å². The fraction of sp³-hybridized carbons (Fsp3) is 0.600. The van der Waals surface area contributed by atoms with Crippen LogP contribution < -0.4 is 10.2 Å². The number of aromatic nitrogens is 1. The average molecular weight is 293 g/mol. The molecule has 1 saturated heterocycles. The first-order valence-corrected chi connectivity index (χ1v) is 7.42. The van der Waals surface area contributed by atoms with Crippen molar-refractivity contribution in [3.05, 3.63) is 24.1 Å². The maximum absolute atomic E-state index is 12.9. The van der Waals surface area contributed by atoms with Gasteiger partial charge in [0.1, 0.15) is 11.6 Å². The highest BCUT2D eigenvalue weighted by molar-refractivity contribution is 5.80. The number of pyridine rings is 1. The summed E-state index contributed by atoms with van der Waals surface area (Å²) in [5.74, 6) is 0.471. The summed E-state index contributed by atoms with van der Waals surface area (Å²) in [7, 11) is 0. The Morgan fingerprint density at radius 2 is 2.33 bits per heavy atom. The quantitative estimate of drug-likeness (QED) is 0.872. The van der Waals surface area contributed by atoms with Crippen LogP contribution in [0, 0.1) is 11.7 Å². The molecule has 3 rings (SSSR count). The second kappa shape index (κ2) is 5.60. The lowest BCUT2D eigenvalue weighted by Crippen LogP contribution is -2.54. The van der Waals surface area contributed by atoms with Crippen molar-refractivity contribution in [3.63, 3.8) is 0 Å². The molecule has 0 unspecified atom stereocenters. The number of carbonyl (C=O) groups excluding carboxylic acids is 1. The summed E-state index contributed by atoms with van der Waals surface area (Å²) >= 11 is 0. The molecule has 1 amide bonds. The van der Waals surface area contributed by atoms with Crippen LogP contribution in [0.15, 0.2) is 18.3 Å². The number of nitrogens with zero attached hydrogens (tertiary/aromatic N) is 2. The Hall–Kier alpha value is -1.69. The van der Waals surface area contributed by atoms with Crippen LogP contribution in [-0.4, -0.2) is 41.2 Å². The molecule has 114 valence electrons. The number of nitrogens with one attached hydrogen (secondary N) is 1. The molecule has 5 nitrogen and oxygen atoms in total. The van der Waals surface area contributed by atoms with Crippen LogP contribution in [-0.2, 0) is 4.79 Å². The lowest BCUT2D eigenvalue weighted by Gasteiger charge is -2.39. The Balaban J connectivity index is 1.60. The zero-order chi connectivity index (χ0) is 14.9. The van der Waals surface area contributed by atoms with E-state index in [1.807, 2.05) is 4.90 Å². The molecule has 2 fully saturated rings. The van der Waals surface area contributed by atoms with E-state index < -0.39 is 5.60 Å². The predicted molar refractivity (Wildman–Crippen MR) is 76.3 cm³/mol. The van der Waals surface area contributed by atoms with E-state index in [4.69, 9.17) is 0 Å². The van der Waals surface area contributed by atoms with Crippen LogP contribution in [0.2, 0.25) is 0 Å². The summed E-state index contributed by atoms with van der Waals surface area (Å²) in [6.45, 7) is 1.44. The Kier molecular flexibility index (Phi) is 3.80. The molecule has 0 bridgehead atoms. The fourth-order valence-corrected chi connectivity index (χ4v) is 2.75. The first kappa shape index (κ1) is 14.3. The Bertz CT molecular complexity index is 518. The highest BCUT2D eigenvalue weighted by atomic mass is 19.1. The zero-order valence-corrected chi connectivity index (χ0v) is 11.9. The number of hydrogen-bond donors (Lipinski definition) is 2. The third-order valence-corrected chi connectivity index (χ3v) is 4.13. The van der Waals surface area contributed by atoms with Crippen LogP contribution >= 0.6 is 0 Å². The lowest BCUT2D eigenvalue weighted by molar-refractivity contribution is -0.123. The summed E-state index contributed by atoms with van der Waals surface area (Å²) in [6, 6.07) is 2.98. The van der Waals surface area contributed by atoms with Crippen molar-refractivity contribution in [2.24, 2.45) is 5.92 Å². The standard InChI is InChI=1S/C15H20FN3O2/c16-12-4-5-13(17-8-12)19-7-1-6-15(21,10-19)9-18-14(20)11-2-3-11/h4-5,8,11,21H,1-3,6-7,9-10H2,(H,18,20)/t15-/m1/s1. The molecule has 6 heteroatoms. The molecular weight excluding hydrogens is 273 g/mol. The molecular formula is C15H20FN3O2. The number of carbonyl (C=O) groups is 1. The van der Waals surface area contributed by atoms with E-state index in [0.717, 1.165) is 25.8 Å². The van der Waals surface area contributed by atoms with Crippen LogP contribution in [0.5, 0.6) is 0 Å². The highest BCUT2D eigenvalue weighted by Gasteiger charge is 2.36. The van der Waals surface area contributed by atoms with Crippen molar-refractivity contribution in [3.8, 4) is 0 Å². The molecule has 1 saturated carbocycles. The monoisotopic (exact) mass is 293 g/mol. The van der Waals surface area contributed by atoms with Crippen LogP contribution in [0.4, 0.5) is 10.2 Å². The van der Waals surface area contributed by atoms with Gasteiger partial charge >= 0.3 is 0 Å². The van der Waals surface area contributed by atoms with E-state index in [9.17, 15) is 14.3 Å². The molecule has 0 radical (unpaired) electrons. The first-order valence-electron chi connectivity index (χ1n) is 7.42. The topological polar surface area (TPSA) is 65.5 Å². The molecule has 2 N–H and O–H groups in total. The Morgan fingerprint density at radius 1 is 1.52 bits per heavy atom. The van der Waals surface area contributed by atoms with Gasteiger partial charge in [0.25, 0.3) is 0 Å². The van der Waals surface area contributed by atoms with E-state index in [0.29, 0.717) is 18.8 Å². The second-order valence-electron chi connectivity index (χ2n) is 6.08. The lowest BCUT2D eigenvalue weighted by atomic mass is 9.92. The number of hydrogen-bond acceptors (Lipinski definition) is 4. The van der Waals surface area contributed by atoms with Crippen LogP contribution in [0.1, 0.15) is 25.7 Å². The smallest absolute Gasteiger partial charge is 0.223 e. The second-order valence-corrected chi connectivity index (χ2v) is 6.08. The van der Waals surface area contributed by atoms with Crippen molar-refractivity contribution < 1.29 is 14.3 Å².